The third-order valence-corrected chi connectivity index (χ3v) is 7.67. The molecule has 0 amide bonds. The minimum Gasteiger partial charge on any atom is -0.374 e. The molecule has 5 rings (SSSR count). The van der Waals surface area contributed by atoms with E-state index in [2.05, 4.69) is 29.1 Å². The van der Waals surface area contributed by atoms with Crippen LogP contribution >= 0.6 is 11.3 Å². The molecular weight excluding hydrogens is 306 g/mol. The molecule has 1 saturated heterocycles. The van der Waals surface area contributed by atoms with Gasteiger partial charge < -0.3 is 10.1 Å². The predicted molar refractivity (Wildman–Crippen MR) is 93.0 cm³/mol. The molecule has 2 aromatic rings. The largest absolute Gasteiger partial charge is 0.374 e. The molecule has 4 unspecified atom stereocenters. The van der Waals surface area contributed by atoms with Crippen LogP contribution in [0.4, 0.5) is 5.82 Å². The molecule has 2 saturated carbocycles. The summed E-state index contributed by atoms with van der Waals surface area (Å²) in [5, 5.41) is 5.01. The molecule has 4 atom stereocenters. The van der Waals surface area contributed by atoms with E-state index >= 15 is 0 Å². The molecule has 0 bridgehead atoms. The molecule has 0 aromatic carbocycles. The smallest absolute Gasteiger partial charge is 0.138 e. The van der Waals surface area contributed by atoms with Crippen LogP contribution in [0.15, 0.2) is 6.33 Å². The summed E-state index contributed by atoms with van der Waals surface area (Å²) < 4.78 is 6.26. The molecule has 0 radical (unpaired) electrons. The van der Waals surface area contributed by atoms with Gasteiger partial charge in [0.1, 0.15) is 17.0 Å². The highest BCUT2D eigenvalue weighted by Gasteiger charge is 2.62. The number of hydrogen-bond acceptors (Lipinski definition) is 5. The van der Waals surface area contributed by atoms with E-state index in [-0.39, 0.29) is 5.60 Å². The number of anilines is 1. The Hall–Kier alpha value is -1.20. The van der Waals surface area contributed by atoms with E-state index in [0.29, 0.717) is 12.0 Å². The van der Waals surface area contributed by atoms with Gasteiger partial charge in [-0.1, -0.05) is 0 Å². The molecule has 4 nitrogen and oxygen atoms in total. The van der Waals surface area contributed by atoms with Crippen LogP contribution in [0, 0.1) is 25.7 Å². The van der Waals surface area contributed by atoms with Crippen molar-refractivity contribution in [2.45, 2.75) is 57.6 Å². The normalized spacial score (nSPS) is 35.7. The zero-order chi connectivity index (χ0) is 15.6. The van der Waals surface area contributed by atoms with Crippen molar-refractivity contribution >= 4 is 27.4 Å². The van der Waals surface area contributed by atoms with Crippen LogP contribution < -0.4 is 5.32 Å². The van der Waals surface area contributed by atoms with Crippen LogP contribution in [0.3, 0.4) is 0 Å². The highest BCUT2D eigenvalue weighted by atomic mass is 32.1. The van der Waals surface area contributed by atoms with Gasteiger partial charge in [0.2, 0.25) is 0 Å². The summed E-state index contributed by atoms with van der Waals surface area (Å²) in [7, 11) is 0. The highest BCUT2D eigenvalue weighted by molar-refractivity contribution is 7.18. The van der Waals surface area contributed by atoms with Crippen LogP contribution in [-0.4, -0.2) is 28.2 Å². The minimum absolute atomic E-state index is 0.196. The monoisotopic (exact) mass is 329 g/mol. The number of thiophene rings is 1. The average Bonchev–Trinajstić information content (AvgIpc) is 2.97. The lowest BCUT2D eigenvalue weighted by Crippen LogP contribution is -2.61. The molecule has 3 fully saturated rings. The van der Waals surface area contributed by atoms with Crippen molar-refractivity contribution in [2.75, 3.05) is 11.9 Å². The fourth-order valence-corrected chi connectivity index (χ4v) is 6.23. The second-order valence-electron chi connectivity index (χ2n) is 7.46. The number of nitrogens with one attached hydrogen (secondary N) is 1. The Morgan fingerprint density at radius 2 is 2.22 bits per heavy atom. The number of aryl methyl sites for hydroxylation is 2. The van der Waals surface area contributed by atoms with E-state index < -0.39 is 0 Å². The van der Waals surface area contributed by atoms with Crippen LogP contribution in [0.5, 0.6) is 0 Å². The molecule has 1 N–H and O–H groups in total. The van der Waals surface area contributed by atoms with Gasteiger partial charge in [0.05, 0.1) is 11.0 Å². The summed E-state index contributed by atoms with van der Waals surface area (Å²) in [4.78, 5) is 11.5. The second-order valence-corrected chi connectivity index (χ2v) is 8.66. The first-order valence-electron chi connectivity index (χ1n) is 8.80. The van der Waals surface area contributed by atoms with E-state index in [0.717, 1.165) is 23.2 Å². The molecule has 122 valence electrons. The van der Waals surface area contributed by atoms with Crippen LogP contribution in [0.1, 0.15) is 42.5 Å². The lowest BCUT2D eigenvalue weighted by atomic mass is 9.53. The van der Waals surface area contributed by atoms with Crippen molar-refractivity contribution in [3.05, 3.63) is 16.8 Å². The molecule has 1 aliphatic heterocycles. The van der Waals surface area contributed by atoms with E-state index in [1.165, 1.54) is 47.9 Å². The Morgan fingerprint density at radius 3 is 3.09 bits per heavy atom. The molecule has 23 heavy (non-hydrogen) atoms. The summed E-state index contributed by atoms with van der Waals surface area (Å²) in [6.45, 7) is 5.32. The quantitative estimate of drug-likeness (QED) is 0.902. The van der Waals surface area contributed by atoms with E-state index in [1.54, 1.807) is 17.7 Å². The number of rotatable bonds is 2. The second kappa shape index (κ2) is 4.90. The van der Waals surface area contributed by atoms with Crippen molar-refractivity contribution < 1.29 is 4.74 Å². The third-order valence-electron chi connectivity index (χ3n) is 6.55. The van der Waals surface area contributed by atoms with Crippen molar-refractivity contribution in [1.82, 2.24) is 9.97 Å². The number of ether oxygens (including phenoxy) is 1. The van der Waals surface area contributed by atoms with Crippen LogP contribution in [0.2, 0.25) is 0 Å². The first-order valence-corrected chi connectivity index (χ1v) is 9.62. The molecule has 3 aliphatic rings. The number of aromatic nitrogens is 2. The standard InChI is InChI=1S/C18H23N3OS/c1-10-11(2)23-17-15(10)16(19-9-20-17)21-14-4-3-6-18-12(5-7-22-18)8-13(14)18/h9,12-14H,3-8H2,1-2H3,(H,19,20,21). The number of nitrogens with zero attached hydrogens (tertiary/aromatic N) is 2. The Kier molecular flexibility index (Phi) is 3.02. The van der Waals surface area contributed by atoms with E-state index in [1.807, 2.05) is 0 Å². The SMILES string of the molecule is Cc1sc2ncnc(NC3CCCC45OCCC4CC35)c2c1C. The van der Waals surface area contributed by atoms with Gasteiger partial charge in [-0.15, -0.1) is 11.3 Å². The van der Waals surface area contributed by atoms with Gasteiger partial charge in [-0.2, -0.15) is 0 Å². The molecule has 1 spiro atoms. The Bertz CT molecular complexity index is 773. The van der Waals surface area contributed by atoms with Crippen molar-refractivity contribution in [3.63, 3.8) is 0 Å². The summed E-state index contributed by atoms with van der Waals surface area (Å²) in [5.41, 5.74) is 1.52. The van der Waals surface area contributed by atoms with E-state index in [4.69, 9.17) is 4.74 Å². The van der Waals surface area contributed by atoms with Gasteiger partial charge in [0.15, 0.2) is 0 Å². The number of hydrogen-bond donors (Lipinski definition) is 1. The zero-order valence-corrected chi connectivity index (χ0v) is 14.6. The lowest BCUT2D eigenvalue weighted by molar-refractivity contribution is -0.160. The highest BCUT2D eigenvalue weighted by Crippen LogP contribution is 2.59. The average molecular weight is 329 g/mol. The maximum absolute atomic E-state index is 6.26. The Labute approximate surface area is 140 Å². The Balaban J connectivity index is 1.48. The van der Waals surface area contributed by atoms with Gasteiger partial charge >= 0.3 is 0 Å². The predicted octanol–water partition coefficient (Wildman–Crippen LogP) is 4.07. The fourth-order valence-electron chi connectivity index (χ4n) is 5.23. The van der Waals surface area contributed by atoms with Crippen LogP contribution in [-0.2, 0) is 4.74 Å². The summed E-state index contributed by atoms with van der Waals surface area (Å²) in [6, 6.07) is 0.496. The lowest BCUT2D eigenvalue weighted by Gasteiger charge is -2.57. The third kappa shape index (κ3) is 1.86. The molecule has 3 heterocycles. The first-order chi connectivity index (χ1) is 11.2. The summed E-state index contributed by atoms with van der Waals surface area (Å²) in [5.74, 6) is 2.50. The van der Waals surface area contributed by atoms with Crippen LogP contribution in [0.25, 0.3) is 10.2 Å². The van der Waals surface area contributed by atoms with Gasteiger partial charge in [-0.05, 0) is 57.4 Å². The minimum atomic E-state index is 0.196. The van der Waals surface area contributed by atoms with Crippen molar-refractivity contribution in [2.24, 2.45) is 11.8 Å². The maximum Gasteiger partial charge on any atom is 0.138 e. The fraction of sp³-hybridized carbons (Fsp3) is 0.667. The van der Waals surface area contributed by atoms with Gasteiger partial charge in [-0.25, -0.2) is 9.97 Å². The molecular formula is C18H23N3OS. The molecule has 2 aromatic heterocycles. The van der Waals surface area contributed by atoms with E-state index in [9.17, 15) is 0 Å². The summed E-state index contributed by atoms with van der Waals surface area (Å²) in [6.07, 6.45) is 8.05. The topological polar surface area (TPSA) is 47.0 Å². The maximum atomic E-state index is 6.26. The van der Waals surface area contributed by atoms with Gasteiger partial charge in [-0.3, -0.25) is 0 Å². The van der Waals surface area contributed by atoms with Crippen molar-refractivity contribution in [1.29, 1.82) is 0 Å². The molecule has 2 aliphatic carbocycles. The summed E-state index contributed by atoms with van der Waals surface area (Å²) >= 11 is 1.77. The van der Waals surface area contributed by atoms with Gasteiger partial charge in [0, 0.05) is 23.4 Å². The molecule has 5 heteroatoms. The Morgan fingerprint density at radius 1 is 1.30 bits per heavy atom. The van der Waals surface area contributed by atoms with Gasteiger partial charge in [0.25, 0.3) is 0 Å². The van der Waals surface area contributed by atoms with Crippen molar-refractivity contribution in [3.8, 4) is 0 Å². The first kappa shape index (κ1) is 14.2. The zero-order valence-electron chi connectivity index (χ0n) is 13.8. The number of fused-ring (bicyclic) bond motifs is 1.